The molecule has 0 fully saturated rings. The average Bonchev–Trinajstić information content (AvgIpc) is 2.54. The van der Waals surface area contributed by atoms with Crippen LogP contribution in [0, 0.1) is 0 Å². The molecule has 2 aromatic heterocycles. The van der Waals surface area contributed by atoms with Crippen molar-refractivity contribution in [1.29, 1.82) is 0 Å². The van der Waals surface area contributed by atoms with Gasteiger partial charge in [0.1, 0.15) is 6.33 Å². The Balaban J connectivity index is 2.45. The average molecular weight is 226 g/mol. The van der Waals surface area contributed by atoms with Crippen molar-refractivity contribution in [1.82, 2.24) is 24.7 Å². The van der Waals surface area contributed by atoms with Crippen molar-refractivity contribution < 1.29 is 0 Å². The third kappa shape index (κ3) is 1.33. The fourth-order valence-corrected chi connectivity index (χ4v) is 1.03. The van der Waals surface area contributed by atoms with E-state index in [1.54, 1.807) is 24.9 Å². The van der Waals surface area contributed by atoms with E-state index < -0.39 is 0 Å². The second kappa shape index (κ2) is 2.98. The molecule has 2 rings (SSSR count). The van der Waals surface area contributed by atoms with Crippen LogP contribution in [0.2, 0.25) is 0 Å². The number of hydrogen-bond donors (Lipinski definition) is 0. The fourth-order valence-electron chi connectivity index (χ4n) is 0.763. The molecule has 0 amide bonds. The first-order valence-electron chi connectivity index (χ1n) is 3.20. The maximum atomic E-state index is 4.04. The highest BCUT2D eigenvalue weighted by Crippen LogP contribution is 2.03. The van der Waals surface area contributed by atoms with Gasteiger partial charge in [0.25, 0.3) is 0 Å². The monoisotopic (exact) mass is 225 g/mol. The van der Waals surface area contributed by atoms with Crippen molar-refractivity contribution in [3.8, 4) is 5.82 Å². The predicted octanol–water partition coefficient (Wildman–Crippen LogP) is 0.820. The zero-order chi connectivity index (χ0) is 8.39. The minimum atomic E-state index is 0.535. The molecule has 5 nitrogen and oxygen atoms in total. The molecule has 0 aliphatic rings. The largest absolute Gasteiger partial charge is 0.259 e. The number of halogens is 1. The second-order valence-electron chi connectivity index (χ2n) is 2.02. The fraction of sp³-hybridized carbons (Fsp3) is 0. The molecule has 0 spiro atoms. The molecule has 0 radical (unpaired) electrons. The SMILES string of the molecule is Brc1ncn(-c2cnccn2)n1. The molecule has 0 bridgehead atoms. The molecule has 2 heterocycles. The summed E-state index contributed by atoms with van der Waals surface area (Å²) in [6, 6.07) is 0. The van der Waals surface area contributed by atoms with E-state index in [0.29, 0.717) is 10.6 Å². The van der Waals surface area contributed by atoms with Crippen LogP contribution in [0.3, 0.4) is 0 Å². The van der Waals surface area contributed by atoms with Crippen LogP contribution < -0.4 is 0 Å². The van der Waals surface area contributed by atoms with Gasteiger partial charge in [0.15, 0.2) is 5.82 Å². The van der Waals surface area contributed by atoms with E-state index >= 15 is 0 Å². The van der Waals surface area contributed by atoms with Crippen LogP contribution in [0.1, 0.15) is 0 Å². The van der Waals surface area contributed by atoms with Gasteiger partial charge in [-0.25, -0.2) is 9.97 Å². The van der Waals surface area contributed by atoms with E-state index in [9.17, 15) is 0 Å². The summed E-state index contributed by atoms with van der Waals surface area (Å²) >= 11 is 3.14. The van der Waals surface area contributed by atoms with Crippen LogP contribution >= 0.6 is 15.9 Å². The van der Waals surface area contributed by atoms with E-state index in [-0.39, 0.29) is 0 Å². The lowest BCUT2D eigenvalue weighted by Crippen LogP contribution is -1.97. The molecule has 0 atom stereocenters. The maximum absolute atomic E-state index is 4.04. The van der Waals surface area contributed by atoms with E-state index in [0.717, 1.165) is 0 Å². The first-order valence-corrected chi connectivity index (χ1v) is 3.99. The molecule has 0 unspecified atom stereocenters. The first-order chi connectivity index (χ1) is 5.86. The molecule has 0 saturated carbocycles. The summed E-state index contributed by atoms with van der Waals surface area (Å²) in [6.45, 7) is 0. The third-order valence-corrected chi connectivity index (χ3v) is 1.61. The summed E-state index contributed by atoms with van der Waals surface area (Å²) in [5.41, 5.74) is 0. The van der Waals surface area contributed by atoms with Gasteiger partial charge in [-0.3, -0.25) is 4.98 Å². The van der Waals surface area contributed by atoms with Gasteiger partial charge in [0, 0.05) is 12.4 Å². The Morgan fingerprint density at radius 1 is 1.25 bits per heavy atom. The standard InChI is InChI=1S/C6H4BrN5/c7-6-10-4-12(11-6)5-3-8-1-2-9-5/h1-4H. The van der Waals surface area contributed by atoms with Crippen molar-refractivity contribution in [2.24, 2.45) is 0 Å². The zero-order valence-electron chi connectivity index (χ0n) is 5.92. The summed E-state index contributed by atoms with van der Waals surface area (Å²) < 4.78 is 2.07. The Kier molecular flexibility index (Phi) is 1.83. The molecule has 60 valence electrons. The Morgan fingerprint density at radius 2 is 2.17 bits per heavy atom. The zero-order valence-corrected chi connectivity index (χ0v) is 7.51. The number of nitrogens with zero attached hydrogens (tertiary/aromatic N) is 5. The van der Waals surface area contributed by atoms with E-state index in [4.69, 9.17) is 0 Å². The molecular formula is C6H4BrN5. The Labute approximate surface area is 76.6 Å². The van der Waals surface area contributed by atoms with Crippen molar-refractivity contribution in [3.05, 3.63) is 29.7 Å². The third-order valence-electron chi connectivity index (χ3n) is 1.25. The summed E-state index contributed by atoms with van der Waals surface area (Å²) in [5, 5.41) is 4.00. The quantitative estimate of drug-likeness (QED) is 0.722. The van der Waals surface area contributed by atoms with Gasteiger partial charge >= 0.3 is 0 Å². The molecule has 0 aliphatic heterocycles. The molecular weight excluding hydrogens is 222 g/mol. The second-order valence-corrected chi connectivity index (χ2v) is 2.73. The van der Waals surface area contributed by atoms with Gasteiger partial charge in [-0.05, 0) is 15.9 Å². The summed E-state index contributed by atoms with van der Waals surface area (Å²) in [4.78, 5) is 11.8. The van der Waals surface area contributed by atoms with Crippen LogP contribution in [0.15, 0.2) is 29.7 Å². The van der Waals surface area contributed by atoms with Crippen LogP contribution in [-0.2, 0) is 0 Å². The number of aromatic nitrogens is 5. The van der Waals surface area contributed by atoms with Crippen molar-refractivity contribution in [2.45, 2.75) is 0 Å². The molecule has 0 aliphatic carbocycles. The normalized spacial score (nSPS) is 10.1. The van der Waals surface area contributed by atoms with Gasteiger partial charge in [0.05, 0.1) is 6.20 Å². The highest BCUT2D eigenvalue weighted by Gasteiger charge is 1.99. The first kappa shape index (κ1) is 7.35. The Hall–Kier alpha value is -1.30. The summed E-state index contributed by atoms with van der Waals surface area (Å²) in [7, 11) is 0. The van der Waals surface area contributed by atoms with Gasteiger partial charge < -0.3 is 0 Å². The van der Waals surface area contributed by atoms with E-state index in [1.165, 1.54) is 4.68 Å². The molecule has 12 heavy (non-hydrogen) atoms. The highest BCUT2D eigenvalue weighted by atomic mass is 79.9. The Bertz CT molecular complexity index is 370. The molecule has 6 heteroatoms. The molecule has 0 aromatic carbocycles. The molecule has 0 N–H and O–H groups in total. The van der Waals surface area contributed by atoms with E-state index in [2.05, 4.69) is 36.0 Å². The van der Waals surface area contributed by atoms with Gasteiger partial charge in [0.2, 0.25) is 4.73 Å². The summed E-state index contributed by atoms with van der Waals surface area (Å²) in [6.07, 6.45) is 6.38. The minimum Gasteiger partial charge on any atom is -0.259 e. The predicted molar refractivity (Wildman–Crippen MR) is 44.6 cm³/mol. The van der Waals surface area contributed by atoms with Crippen molar-refractivity contribution in [2.75, 3.05) is 0 Å². The lowest BCUT2D eigenvalue weighted by atomic mass is 10.7. The topological polar surface area (TPSA) is 56.5 Å². The maximum Gasteiger partial charge on any atom is 0.217 e. The van der Waals surface area contributed by atoms with Crippen LogP contribution in [-0.4, -0.2) is 24.7 Å². The van der Waals surface area contributed by atoms with Gasteiger partial charge in [-0.2, -0.15) is 4.68 Å². The minimum absolute atomic E-state index is 0.535. The van der Waals surface area contributed by atoms with Crippen molar-refractivity contribution >= 4 is 15.9 Å². The molecule has 0 saturated heterocycles. The number of rotatable bonds is 1. The smallest absolute Gasteiger partial charge is 0.217 e. The number of hydrogen-bond acceptors (Lipinski definition) is 4. The lowest BCUT2D eigenvalue weighted by Gasteiger charge is -1.94. The highest BCUT2D eigenvalue weighted by molar-refractivity contribution is 9.10. The van der Waals surface area contributed by atoms with E-state index in [1.807, 2.05) is 0 Å². The van der Waals surface area contributed by atoms with Crippen LogP contribution in [0.4, 0.5) is 0 Å². The van der Waals surface area contributed by atoms with Crippen LogP contribution in [0.25, 0.3) is 5.82 Å². The van der Waals surface area contributed by atoms with Gasteiger partial charge in [-0.15, -0.1) is 5.10 Å². The molecule has 2 aromatic rings. The van der Waals surface area contributed by atoms with Crippen molar-refractivity contribution in [3.63, 3.8) is 0 Å². The van der Waals surface area contributed by atoms with Crippen LogP contribution in [0.5, 0.6) is 0 Å². The summed E-state index contributed by atoms with van der Waals surface area (Å²) in [5.74, 6) is 0.649. The Morgan fingerprint density at radius 3 is 2.75 bits per heavy atom. The van der Waals surface area contributed by atoms with Gasteiger partial charge in [-0.1, -0.05) is 0 Å². The lowest BCUT2D eigenvalue weighted by molar-refractivity contribution is 0.829.